The molecular weight excluding hydrogens is 344 g/mol. The summed E-state index contributed by atoms with van der Waals surface area (Å²) >= 11 is 1.69. The maximum Gasteiger partial charge on any atom is 0.212 e. The molecular formula is C20H24N4OS. The maximum atomic E-state index is 10.3. The van der Waals surface area contributed by atoms with E-state index < -0.39 is 0 Å². The highest BCUT2D eigenvalue weighted by Crippen LogP contribution is 2.31. The second-order valence-corrected chi connectivity index (χ2v) is 6.09. The van der Waals surface area contributed by atoms with E-state index in [1.807, 2.05) is 38.4 Å². The number of nitrogens with zero attached hydrogens (tertiary/aromatic N) is 1. The highest BCUT2D eigenvalue weighted by Gasteiger charge is 2.03. The zero-order valence-corrected chi connectivity index (χ0v) is 15.8. The van der Waals surface area contributed by atoms with E-state index in [-0.39, 0.29) is 5.82 Å². The van der Waals surface area contributed by atoms with Crippen LogP contribution in [0.2, 0.25) is 0 Å². The van der Waals surface area contributed by atoms with E-state index in [9.17, 15) is 4.79 Å². The quantitative estimate of drug-likeness (QED) is 0.398. The van der Waals surface area contributed by atoms with Gasteiger partial charge in [-0.1, -0.05) is 43.0 Å². The molecule has 1 amide bonds. The van der Waals surface area contributed by atoms with E-state index in [2.05, 4.69) is 46.5 Å². The monoisotopic (exact) mass is 368 g/mol. The topological polar surface area (TPSA) is 79.5 Å². The summed E-state index contributed by atoms with van der Waals surface area (Å²) in [7, 11) is 3.75. The van der Waals surface area contributed by atoms with Crippen molar-refractivity contribution in [2.75, 3.05) is 14.1 Å². The number of hydrogen-bond donors (Lipinski definition) is 3. The lowest BCUT2D eigenvalue weighted by Crippen LogP contribution is -2.09. The van der Waals surface area contributed by atoms with Crippen LogP contribution < -0.4 is 16.4 Å². The molecule has 0 aliphatic carbocycles. The minimum Gasteiger partial charge on any atom is -0.402 e. The van der Waals surface area contributed by atoms with Crippen LogP contribution in [0.1, 0.15) is 4.88 Å². The van der Waals surface area contributed by atoms with Crippen LogP contribution in [0.15, 0.2) is 78.2 Å². The van der Waals surface area contributed by atoms with E-state index in [1.165, 1.54) is 16.6 Å². The molecule has 0 aliphatic rings. The lowest BCUT2D eigenvalue weighted by atomic mass is 10.2. The number of carbonyl (C=O) groups excluding carboxylic acids is 1. The summed E-state index contributed by atoms with van der Waals surface area (Å²) in [6, 6.07) is 14.4. The van der Waals surface area contributed by atoms with Gasteiger partial charge < -0.3 is 16.4 Å². The summed E-state index contributed by atoms with van der Waals surface area (Å²) in [5, 5.41) is 5.13. The highest BCUT2D eigenvalue weighted by atomic mass is 32.1. The zero-order chi connectivity index (χ0) is 19.2. The number of allylic oxidation sites excluding steroid dienone is 3. The van der Waals surface area contributed by atoms with Gasteiger partial charge in [0, 0.05) is 22.2 Å². The molecule has 0 atom stereocenters. The Balaban J connectivity index is 0.00000105. The van der Waals surface area contributed by atoms with Crippen LogP contribution in [0.3, 0.4) is 0 Å². The molecule has 0 radical (unpaired) electrons. The molecule has 0 fully saturated rings. The first kappa shape index (κ1) is 21.1. The number of rotatable bonds is 7. The molecule has 2 rings (SSSR count). The summed E-state index contributed by atoms with van der Waals surface area (Å²) in [6.45, 7) is 4.06. The van der Waals surface area contributed by atoms with Crippen molar-refractivity contribution in [3.63, 3.8) is 0 Å². The average molecular weight is 369 g/mol. The van der Waals surface area contributed by atoms with Gasteiger partial charge in [0.05, 0.1) is 0 Å². The normalized spacial score (nSPS) is 11.2. The molecule has 0 saturated carbocycles. The Labute approximate surface area is 158 Å². The number of benzene rings is 1. The van der Waals surface area contributed by atoms with Crippen LogP contribution in [0.25, 0.3) is 16.0 Å². The van der Waals surface area contributed by atoms with Crippen molar-refractivity contribution in [2.24, 2.45) is 10.7 Å². The third-order valence-electron chi connectivity index (χ3n) is 2.94. The summed E-state index contributed by atoms with van der Waals surface area (Å²) < 4.78 is 0. The lowest BCUT2D eigenvalue weighted by molar-refractivity contribution is -0.108. The zero-order valence-electron chi connectivity index (χ0n) is 15.0. The maximum absolute atomic E-state index is 10.3. The molecule has 6 heteroatoms. The molecule has 136 valence electrons. The van der Waals surface area contributed by atoms with E-state index in [0.717, 1.165) is 10.5 Å². The van der Waals surface area contributed by atoms with E-state index in [1.54, 1.807) is 23.6 Å². The minimum atomic E-state index is 0.290. The Bertz CT molecular complexity index is 776. The Morgan fingerprint density at radius 1 is 1.19 bits per heavy atom. The standard InChI is InChI=1S/C18H17N3OS.C2H7N/c1-14(6-5-11-20-18(12-19)21-13-22)16-9-10-17(23-16)15-7-3-2-4-8-15;1-3-2/h2-13H,1,19H2,(H,21,22);3H,1-2H3/b6-5-,18-12+,20-11+;. The predicted molar refractivity (Wildman–Crippen MR) is 113 cm³/mol. The third kappa shape index (κ3) is 7.29. The van der Waals surface area contributed by atoms with Gasteiger partial charge in [0.1, 0.15) is 5.82 Å². The number of hydrogen-bond acceptors (Lipinski definition) is 5. The molecule has 1 aromatic carbocycles. The van der Waals surface area contributed by atoms with Gasteiger partial charge in [-0.15, -0.1) is 11.3 Å². The smallest absolute Gasteiger partial charge is 0.212 e. The highest BCUT2D eigenvalue weighted by molar-refractivity contribution is 7.16. The van der Waals surface area contributed by atoms with Gasteiger partial charge >= 0.3 is 0 Å². The van der Waals surface area contributed by atoms with Crippen LogP contribution >= 0.6 is 11.3 Å². The van der Waals surface area contributed by atoms with Crippen LogP contribution in [0.5, 0.6) is 0 Å². The molecule has 26 heavy (non-hydrogen) atoms. The van der Waals surface area contributed by atoms with Crippen LogP contribution in [-0.4, -0.2) is 26.7 Å². The summed E-state index contributed by atoms with van der Waals surface area (Å²) in [4.78, 5) is 16.6. The van der Waals surface area contributed by atoms with Crippen molar-refractivity contribution in [2.45, 2.75) is 0 Å². The largest absolute Gasteiger partial charge is 0.402 e. The van der Waals surface area contributed by atoms with Crippen molar-refractivity contribution in [3.05, 3.63) is 78.1 Å². The molecule has 0 bridgehead atoms. The summed E-state index contributed by atoms with van der Waals surface area (Å²) in [6.07, 6.45) is 6.90. The van der Waals surface area contributed by atoms with Crippen molar-refractivity contribution in [1.29, 1.82) is 0 Å². The molecule has 0 unspecified atom stereocenters. The summed E-state index contributed by atoms with van der Waals surface area (Å²) in [5.74, 6) is 0.290. The fourth-order valence-corrected chi connectivity index (χ4v) is 2.78. The van der Waals surface area contributed by atoms with Crippen molar-refractivity contribution < 1.29 is 4.79 Å². The van der Waals surface area contributed by atoms with Gasteiger partial charge in [0.25, 0.3) is 0 Å². The third-order valence-corrected chi connectivity index (χ3v) is 4.15. The Morgan fingerprint density at radius 2 is 1.88 bits per heavy atom. The lowest BCUT2D eigenvalue weighted by Gasteiger charge is -1.96. The molecule has 4 N–H and O–H groups in total. The first-order chi connectivity index (χ1) is 12.7. The molecule has 0 saturated heterocycles. The van der Waals surface area contributed by atoms with Crippen LogP contribution in [-0.2, 0) is 4.79 Å². The van der Waals surface area contributed by atoms with E-state index in [0.29, 0.717) is 6.41 Å². The van der Waals surface area contributed by atoms with Gasteiger partial charge in [-0.05, 0) is 43.4 Å². The fraction of sp³-hybridized carbons (Fsp3) is 0.100. The Kier molecular flexibility index (Phi) is 10.1. The van der Waals surface area contributed by atoms with E-state index >= 15 is 0 Å². The van der Waals surface area contributed by atoms with Crippen molar-refractivity contribution >= 4 is 29.5 Å². The van der Waals surface area contributed by atoms with Crippen LogP contribution in [0.4, 0.5) is 0 Å². The van der Waals surface area contributed by atoms with Crippen molar-refractivity contribution in [3.8, 4) is 10.4 Å². The number of amides is 1. The van der Waals surface area contributed by atoms with Gasteiger partial charge in [0.2, 0.25) is 6.41 Å². The average Bonchev–Trinajstić information content (AvgIpc) is 3.16. The second kappa shape index (κ2) is 12.4. The van der Waals surface area contributed by atoms with Gasteiger partial charge in [-0.2, -0.15) is 0 Å². The molecule has 1 aromatic heterocycles. The number of carbonyl (C=O) groups is 1. The SMILES string of the molecule is C=C(\C=C/C=N/C(=C\N)NC=O)c1ccc(-c2ccccc2)s1.CNC. The second-order valence-electron chi connectivity index (χ2n) is 5.01. The first-order valence-electron chi connectivity index (χ1n) is 7.92. The van der Waals surface area contributed by atoms with Crippen LogP contribution in [0, 0.1) is 0 Å². The molecule has 1 heterocycles. The molecule has 2 aromatic rings. The van der Waals surface area contributed by atoms with Gasteiger partial charge in [-0.25, -0.2) is 4.99 Å². The van der Waals surface area contributed by atoms with Gasteiger partial charge in [-0.3, -0.25) is 4.79 Å². The first-order valence-corrected chi connectivity index (χ1v) is 8.73. The predicted octanol–water partition coefficient (Wildman–Crippen LogP) is 3.39. The molecule has 0 spiro atoms. The fourth-order valence-electron chi connectivity index (χ4n) is 1.82. The minimum absolute atomic E-state index is 0.290. The Morgan fingerprint density at radius 3 is 2.50 bits per heavy atom. The molecule has 5 nitrogen and oxygen atoms in total. The molecule has 0 aliphatic heterocycles. The van der Waals surface area contributed by atoms with Gasteiger partial charge in [0.15, 0.2) is 0 Å². The Hall–Kier alpha value is -2.96. The number of nitrogens with one attached hydrogen (secondary N) is 2. The van der Waals surface area contributed by atoms with E-state index in [4.69, 9.17) is 5.73 Å². The van der Waals surface area contributed by atoms with Crippen molar-refractivity contribution in [1.82, 2.24) is 10.6 Å². The number of nitrogens with two attached hydrogens (primary N) is 1. The number of thiophene rings is 1. The number of aliphatic imine (C=N–C) groups is 1. The summed E-state index contributed by atoms with van der Waals surface area (Å²) in [5.41, 5.74) is 7.40.